The summed E-state index contributed by atoms with van der Waals surface area (Å²) in [7, 11) is 0. The summed E-state index contributed by atoms with van der Waals surface area (Å²) < 4.78 is 14.3. The lowest BCUT2D eigenvalue weighted by molar-refractivity contribution is -0.113. The molecule has 1 amide bonds. The van der Waals surface area contributed by atoms with Crippen molar-refractivity contribution < 1.29 is 9.18 Å². The Labute approximate surface area is 185 Å². The monoisotopic (exact) mass is 488 g/mol. The summed E-state index contributed by atoms with van der Waals surface area (Å²) in [4.78, 5) is 19.2. The molecule has 1 aliphatic heterocycles. The molecule has 144 valence electrons. The van der Waals surface area contributed by atoms with Crippen molar-refractivity contribution >= 4 is 62.6 Å². The summed E-state index contributed by atoms with van der Waals surface area (Å²) in [6, 6.07) is 18.1. The Morgan fingerprint density at radius 2 is 1.66 bits per heavy atom. The van der Waals surface area contributed by atoms with Crippen LogP contribution in [0.5, 0.6) is 0 Å². The third-order valence-corrected chi connectivity index (χ3v) is 5.39. The number of carbonyl (C=O) groups is 1. The van der Waals surface area contributed by atoms with E-state index in [4.69, 9.17) is 23.2 Å². The molecule has 3 aromatic carbocycles. The highest BCUT2D eigenvalue weighted by Gasteiger charge is 2.32. The molecular weight excluding hydrogens is 478 g/mol. The number of hydrogen-bond donors (Lipinski definition) is 0. The Hall–Kier alpha value is -2.47. The molecule has 0 atom stereocenters. The number of amides is 1. The Morgan fingerprint density at radius 3 is 2.31 bits per heavy atom. The van der Waals surface area contributed by atoms with Gasteiger partial charge in [-0.05, 0) is 72.3 Å². The molecule has 7 heteroatoms. The average molecular weight is 490 g/mol. The molecule has 29 heavy (non-hydrogen) atoms. The smallest absolute Gasteiger partial charge is 0.266 e. The van der Waals surface area contributed by atoms with Crippen LogP contribution in [0.3, 0.4) is 0 Å². The van der Waals surface area contributed by atoms with Gasteiger partial charge in [0.25, 0.3) is 5.91 Å². The van der Waals surface area contributed by atoms with Crippen LogP contribution in [-0.2, 0) is 4.79 Å². The van der Waals surface area contributed by atoms with E-state index in [2.05, 4.69) is 20.9 Å². The lowest BCUT2D eigenvalue weighted by Gasteiger charge is -2.18. The molecule has 0 bridgehead atoms. The standard InChI is InChI=1S/C22H12BrCl2FN2O/c23-15-4-9-18(10-5-15)28-21(13-2-7-17(26)8-3-13)27-20(22(28)29)11-14-1-6-16(24)12-19(14)25/h1-12H/b20-11+. The zero-order chi connectivity index (χ0) is 20.5. The predicted octanol–water partition coefficient (Wildman–Crippen LogP) is 6.73. The van der Waals surface area contributed by atoms with Gasteiger partial charge in [-0.1, -0.05) is 45.2 Å². The molecule has 0 saturated heterocycles. The van der Waals surface area contributed by atoms with Gasteiger partial charge >= 0.3 is 0 Å². The van der Waals surface area contributed by atoms with Gasteiger partial charge in [-0.15, -0.1) is 0 Å². The molecular formula is C22H12BrCl2FN2O. The molecule has 3 aromatic rings. The fraction of sp³-hybridized carbons (Fsp3) is 0. The molecule has 0 N–H and O–H groups in total. The molecule has 3 nitrogen and oxygen atoms in total. The first-order valence-electron chi connectivity index (χ1n) is 8.54. The lowest BCUT2D eigenvalue weighted by Crippen LogP contribution is -2.32. The number of carbonyl (C=O) groups excluding carboxylic acids is 1. The first-order chi connectivity index (χ1) is 13.9. The summed E-state index contributed by atoms with van der Waals surface area (Å²) in [5.41, 5.74) is 2.11. The van der Waals surface area contributed by atoms with Gasteiger partial charge in [-0.2, -0.15) is 0 Å². The Balaban J connectivity index is 1.83. The minimum Gasteiger partial charge on any atom is -0.266 e. The highest BCUT2D eigenvalue weighted by atomic mass is 79.9. The SMILES string of the molecule is O=C1/C(=C\c2ccc(Cl)cc2Cl)N=C(c2ccc(F)cc2)N1c1ccc(Br)cc1. The number of halogens is 4. The topological polar surface area (TPSA) is 32.7 Å². The largest absolute Gasteiger partial charge is 0.282 e. The van der Waals surface area contributed by atoms with Gasteiger partial charge in [0.1, 0.15) is 17.3 Å². The fourth-order valence-electron chi connectivity index (χ4n) is 2.90. The van der Waals surface area contributed by atoms with E-state index in [1.54, 1.807) is 48.5 Å². The molecule has 0 radical (unpaired) electrons. The summed E-state index contributed by atoms with van der Waals surface area (Å²) in [6.45, 7) is 0. The first-order valence-corrected chi connectivity index (χ1v) is 10.1. The van der Waals surface area contributed by atoms with Crippen molar-refractivity contribution in [1.82, 2.24) is 0 Å². The normalized spacial score (nSPS) is 15.2. The van der Waals surface area contributed by atoms with Crippen molar-refractivity contribution in [3.05, 3.63) is 104 Å². The van der Waals surface area contributed by atoms with Crippen LogP contribution in [0.2, 0.25) is 10.0 Å². The van der Waals surface area contributed by atoms with Crippen LogP contribution in [0.1, 0.15) is 11.1 Å². The minimum absolute atomic E-state index is 0.219. The minimum atomic E-state index is -0.363. The third kappa shape index (κ3) is 4.13. The van der Waals surface area contributed by atoms with Crippen molar-refractivity contribution in [2.75, 3.05) is 4.90 Å². The van der Waals surface area contributed by atoms with Gasteiger partial charge < -0.3 is 0 Å². The van der Waals surface area contributed by atoms with Crippen molar-refractivity contribution in [2.45, 2.75) is 0 Å². The lowest BCUT2D eigenvalue weighted by atomic mass is 10.1. The Morgan fingerprint density at radius 1 is 0.966 bits per heavy atom. The predicted molar refractivity (Wildman–Crippen MR) is 119 cm³/mol. The molecule has 0 aromatic heterocycles. The summed E-state index contributed by atoms with van der Waals surface area (Å²) in [5.74, 6) is -0.260. The number of rotatable bonds is 3. The van der Waals surface area contributed by atoms with Crippen LogP contribution in [0.15, 0.2) is 81.9 Å². The van der Waals surface area contributed by atoms with E-state index >= 15 is 0 Å². The Kier molecular flexibility index (Phi) is 5.54. The van der Waals surface area contributed by atoms with Crippen LogP contribution < -0.4 is 4.90 Å². The quantitative estimate of drug-likeness (QED) is 0.375. The first kappa shape index (κ1) is 19.8. The highest BCUT2D eigenvalue weighted by Crippen LogP contribution is 2.30. The second-order valence-electron chi connectivity index (χ2n) is 6.25. The number of amidine groups is 1. The van der Waals surface area contributed by atoms with Gasteiger partial charge in [-0.3, -0.25) is 9.69 Å². The number of aliphatic imine (C=N–C) groups is 1. The summed E-state index contributed by atoms with van der Waals surface area (Å²) in [6.07, 6.45) is 1.61. The third-order valence-electron chi connectivity index (χ3n) is 4.30. The molecule has 0 unspecified atom stereocenters. The molecule has 0 saturated carbocycles. The summed E-state index contributed by atoms with van der Waals surface area (Å²) >= 11 is 15.6. The zero-order valence-electron chi connectivity index (χ0n) is 14.7. The zero-order valence-corrected chi connectivity index (χ0v) is 17.8. The van der Waals surface area contributed by atoms with Gasteiger partial charge in [0.05, 0.1) is 5.69 Å². The van der Waals surface area contributed by atoms with Crippen molar-refractivity contribution in [1.29, 1.82) is 0 Å². The molecule has 0 aliphatic carbocycles. The van der Waals surface area contributed by atoms with E-state index in [1.165, 1.54) is 17.0 Å². The van der Waals surface area contributed by atoms with Crippen LogP contribution in [0.4, 0.5) is 10.1 Å². The van der Waals surface area contributed by atoms with E-state index in [1.807, 2.05) is 12.1 Å². The van der Waals surface area contributed by atoms with Crippen molar-refractivity contribution in [3.63, 3.8) is 0 Å². The number of benzene rings is 3. The van der Waals surface area contributed by atoms with Gasteiger partial charge in [0.2, 0.25) is 0 Å². The number of hydrogen-bond acceptors (Lipinski definition) is 2. The Bertz CT molecular complexity index is 1160. The molecule has 1 aliphatic rings. The van der Waals surface area contributed by atoms with E-state index in [9.17, 15) is 9.18 Å². The van der Waals surface area contributed by atoms with E-state index in [0.717, 1.165) is 4.47 Å². The second-order valence-corrected chi connectivity index (χ2v) is 8.01. The van der Waals surface area contributed by atoms with Gasteiger partial charge in [0, 0.05) is 20.1 Å². The van der Waals surface area contributed by atoms with E-state index < -0.39 is 0 Å². The maximum absolute atomic E-state index is 13.4. The van der Waals surface area contributed by atoms with Crippen LogP contribution in [0.25, 0.3) is 6.08 Å². The summed E-state index contributed by atoms with van der Waals surface area (Å²) in [5, 5.41) is 0.917. The van der Waals surface area contributed by atoms with Crippen LogP contribution in [0, 0.1) is 5.82 Å². The van der Waals surface area contributed by atoms with Crippen molar-refractivity contribution in [2.24, 2.45) is 4.99 Å². The number of anilines is 1. The fourth-order valence-corrected chi connectivity index (χ4v) is 3.63. The average Bonchev–Trinajstić information content (AvgIpc) is 3.01. The van der Waals surface area contributed by atoms with E-state index in [0.29, 0.717) is 32.7 Å². The van der Waals surface area contributed by atoms with Crippen LogP contribution in [-0.4, -0.2) is 11.7 Å². The highest BCUT2D eigenvalue weighted by molar-refractivity contribution is 9.10. The second kappa shape index (κ2) is 8.11. The van der Waals surface area contributed by atoms with Crippen LogP contribution >= 0.6 is 39.1 Å². The van der Waals surface area contributed by atoms with Gasteiger partial charge in [0.15, 0.2) is 0 Å². The van der Waals surface area contributed by atoms with Crippen molar-refractivity contribution in [3.8, 4) is 0 Å². The van der Waals surface area contributed by atoms with E-state index in [-0.39, 0.29) is 17.4 Å². The maximum Gasteiger partial charge on any atom is 0.282 e. The number of nitrogens with zero attached hydrogens (tertiary/aromatic N) is 2. The van der Waals surface area contributed by atoms with Gasteiger partial charge in [-0.25, -0.2) is 9.38 Å². The molecule has 1 heterocycles. The molecule has 4 rings (SSSR count). The molecule has 0 spiro atoms. The maximum atomic E-state index is 13.4. The molecule has 0 fully saturated rings.